The van der Waals surface area contributed by atoms with Crippen LogP contribution in [0, 0.1) is 19.8 Å². The number of aromatic amines is 1. The molecule has 0 bridgehead atoms. The summed E-state index contributed by atoms with van der Waals surface area (Å²) >= 11 is 0. The minimum atomic E-state index is -0.0336. The first-order valence-electron chi connectivity index (χ1n) is 6.07. The van der Waals surface area contributed by atoms with Gasteiger partial charge >= 0.3 is 0 Å². The minimum absolute atomic E-state index is 0.0336. The summed E-state index contributed by atoms with van der Waals surface area (Å²) in [6.45, 7) is 6.50. The Hall–Kier alpha value is -1.36. The topological polar surface area (TPSA) is 67.0 Å². The number of nitrogens with one attached hydrogen (secondary N) is 2. The van der Waals surface area contributed by atoms with E-state index in [4.69, 9.17) is 4.74 Å². The van der Waals surface area contributed by atoms with Gasteiger partial charge in [0.25, 0.3) is 0 Å². The maximum atomic E-state index is 12.2. The number of hydrogen-bond donors (Lipinski definition) is 2. The van der Waals surface area contributed by atoms with Gasteiger partial charge in [-0.25, -0.2) is 0 Å². The smallest absolute Gasteiger partial charge is 0.230 e. The van der Waals surface area contributed by atoms with Crippen molar-refractivity contribution >= 4 is 11.6 Å². The molecule has 1 aromatic rings. The SMILES string of the molecule is CCC1OCCC1C(=O)Nc1c(C)n[nH]c1C. The Morgan fingerprint density at radius 3 is 2.94 bits per heavy atom. The first-order valence-corrected chi connectivity index (χ1v) is 6.07. The molecule has 1 aliphatic heterocycles. The molecular formula is C12H19N3O2. The zero-order valence-electron chi connectivity index (χ0n) is 10.5. The van der Waals surface area contributed by atoms with Crippen LogP contribution in [0.3, 0.4) is 0 Å². The number of aryl methyl sites for hydroxylation is 2. The highest BCUT2D eigenvalue weighted by molar-refractivity contribution is 5.94. The average molecular weight is 237 g/mol. The van der Waals surface area contributed by atoms with Crippen molar-refractivity contribution in [2.75, 3.05) is 11.9 Å². The molecule has 0 aliphatic carbocycles. The molecule has 5 heteroatoms. The predicted octanol–water partition coefficient (Wildman–Crippen LogP) is 1.78. The maximum absolute atomic E-state index is 12.2. The van der Waals surface area contributed by atoms with Crippen LogP contribution >= 0.6 is 0 Å². The molecule has 1 aliphatic rings. The molecule has 2 unspecified atom stereocenters. The molecule has 0 aromatic carbocycles. The van der Waals surface area contributed by atoms with E-state index in [1.807, 2.05) is 20.8 Å². The summed E-state index contributed by atoms with van der Waals surface area (Å²) < 4.78 is 5.53. The summed E-state index contributed by atoms with van der Waals surface area (Å²) in [4.78, 5) is 12.2. The molecule has 2 heterocycles. The number of carbonyl (C=O) groups is 1. The van der Waals surface area contributed by atoms with Gasteiger partial charge in [0.2, 0.25) is 5.91 Å². The molecule has 1 aromatic heterocycles. The third kappa shape index (κ3) is 2.34. The van der Waals surface area contributed by atoms with E-state index in [-0.39, 0.29) is 17.9 Å². The Morgan fingerprint density at radius 2 is 2.35 bits per heavy atom. The van der Waals surface area contributed by atoms with Gasteiger partial charge in [-0.15, -0.1) is 0 Å². The standard InChI is InChI=1S/C12H19N3O2/c1-4-10-9(5-6-17-10)12(16)13-11-7(2)14-15-8(11)3/h9-10H,4-6H2,1-3H3,(H,13,16)(H,14,15). The molecule has 1 saturated heterocycles. The van der Waals surface area contributed by atoms with Crippen molar-refractivity contribution in [3.8, 4) is 0 Å². The van der Waals surface area contributed by atoms with Gasteiger partial charge in [0.1, 0.15) is 0 Å². The Kier molecular flexibility index (Phi) is 3.47. The number of nitrogens with zero attached hydrogens (tertiary/aromatic N) is 1. The number of ether oxygens (including phenoxy) is 1. The second kappa shape index (κ2) is 4.87. The van der Waals surface area contributed by atoms with Crippen LogP contribution in [0.15, 0.2) is 0 Å². The Labute approximate surface area is 101 Å². The average Bonchev–Trinajstić information content (AvgIpc) is 2.90. The molecule has 5 nitrogen and oxygen atoms in total. The molecule has 0 spiro atoms. The van der Waals surface area contributed by atoms with Gasteiger partial charge < -0.3 is 10.1 Å². The largest absolute Gasteiger partial charge is 0.377 e. The minimum Gasteiger partial charge on any atom is -0.377 e. The van der Waals surface area contributed by atoms with E-state index in [9.17, 15) is 4.79 Å². The summed E-state index contributed by atoms with van der Waals surface area (Å²) in [6, 6.07) is 0. The molecule has 2 rings (SSSR count). The highest BCUT2D eigenvalue weighted by Gasteiger charge is 2.33. The summed E-state index contributed by atoms with van der Waals surface area (Å²) in [5.74, 6) is 0.00986. The summed E-state index contributed by atoms with van der Waals surface area (Å²) in [7, 11) is 0. The van der Waals surface area contributed by atoms with Crippen molar-refractivity contribution in [1.82, 2.24) is 10.2 Å². The van der Waals surface area contributed by atoms with Crippen LogP contribution in [0.2, 0.25) is 0 Å². The Morgan fingerprint density at radius 1 is 1.59 bits per heavy atom. The van der Waals surface area contributed by atoms with Crippen LogP contribution in [-0.2, 0) is 9.53 Å². The van der Waals surface area contributed by atoms with E-state index in [1.54, 1.807) is 0 Å². The number of H-pyrrole nitrogens is 1. The first kappa shape index (κ1) is 12.1. The van der Waals surface area contributed by atoms with Gasteiger partial charge in [-0.1, -0.05) is 6.92 Å². The van der Waals surface area contributed by atoms with Crippen molar-refractivity contribution in [2.45, 2.75) is 39.7 Å². The zero-order chi connectivity index (χ0) is 12.4. The molecule has 1 amide bonds. The quantitative estimate of drug-likeness (QED) is 0.842. The van der Waals surface area contributed by atoms with Crippen LogP contribution in [0.1, 0.15) is 31.2 Å². The van der Waals surface area contributed by atoms with Gasteiger partial charge in [-0.05, 0) is 26.7 Å². The zero-order valence-corrected chi connectivity index (χ0v) is 10.5. The molecule has 2 N–H and O–H groups in total. The van der Waals surface area contributed by atoms with E-state index in [1.165, 1.54) is 0 Å². The summed E-state index contributed by atoms with van der Waals surface area (Å²) in [5, 5.41) is 9.88. The van der Waals surface area contributed by atoms with Gasteiger partial charge in [-0.3, -0.25) is 9.89 Å². The van der Waals surface area contributed by atoms with Crippen molar-refractivity contribution in [2.24, 2.45) is 5.92 Å². The summed E-state index contributed by atoms with van der Waals surface area (Å²) in [6.07, 6.45) is 1.74. The van der Waals surface area contributed by atoms with Crippen LogP contribution in [-0.4, -0.2) is 28.8 Å². The molecule has 0 saturated carbocycles. The van der Waals surface area contributed by atoms with Crippen molar-refractivity contribution < 1.29 is 9.53 Å². The number of carbonyl (C=O) groups excluding carboxylic acids is 1. The fraction of sp³-hybridized carbons (Fsp3) is 0.667. The lowest BCUT2D eigenvalue weighted by atomic mass is 9.98. The van der Waals surface area contributed by atoms with Gasteiger partial charge in [0.15, 0.2) is 0 Å². The maximum Gasteiger partial charge on any atom is 0.230 e. The fourth-order valence-electron chi connectivity index (χ4n) is 2.30. The number of rotatable bonds is 3. The van der Waals surface area contributed by atoms with E-state index in [0.29, 0.717) is 6.61 Å². The highest BCUT2D eigenvalue weighted by atomic mass is 16.5. The second-order valence-electron chi connectivity index (χ2n) is 4.51. The van der Waals surface area contributed by atoms with Gasteiger partial charge in [-0.2, -0.15) is 5.10 Å². The first-order chi connectivity index (χ1) is 8.13. The molecular weight excluding hydrogens is 218 g/mol. The van der Waals surface area contributed by atoms with E-state index in [2.05, 4.69) is 15.5 Å². The van der Waals surface area contributed by atoms with Crippen LogP contribution in [0.5, 0.6) is 0 Å². The molecule has 17 heavy (non-hydrogen) atoms. The Bertz CT molecular complexity index is 394. The van der Waals surface area contributed by atoms with E-state index < -0.39 is 0 Å². The number of amides is 1. The third-order valence-corrected chi connectivity index (χ3v) is 3.33. The predicted molar refractivity (Wildman–Crippen MR) is 64.8 cm³/mol. The van der Waals surface area contributed by atoms with Crippen LogP contribution in [0.4, 0.5) is 5.69 Å². The van der Waals surface area contributed by atoms with Crippen molar-refractivity contribution in [3.63, 3.8) is 0 Å². The van der Waals surface area contributed by atoms with Crippen molar-refractivity contribution in [3.05, 3.63) is 11.4 Å². The lowest BCUT2D eigenvalue weighted by Gasteiger charge is -2.16. The second-order valence-corrected chi connectivity index (χ2v) is 4.51. The van der Waals surface area contributed by atoms with Crippen LogP contribution < -0.4 is 5.32 Å². The van der Waals surface area contributed by atoms with E-state index in [0.717, 1.165) is 29.9 Å². The summed E-state index contributed by atoms with van der Waals surface area (Å²) in [5.41, 5.74) is 2.52. The van der Waals surface area contributed by atoms with Gasteiger partial charge in [0, 0.05) is 6.61 Å². The molecule has 0 radical (unpaired) electrons. The number of aromatic nitrogens is 2. The van der Waals surface area contributed by atoms with E-state index >= 15 is 0 Å². The van der Waals surface area contributed by atoms with Gasteiger partial charge in [0.05, 0.1) is 29.1 Å². The molecule has 1 fully saturated rings. The van der Waals surface area contributed by atoms with Crippen molar-refractivity contribution in [1.29, 1.82) is 0 Å². The highest BCUT2D eigenvalue weighted by Crippen LogP contribution is 2.26. The lowest BCUT2D eigenvalue weighted by Crippen LogP contribution is -2.29. The molecule has 94 valence electrons. The number of anilines is 1. The fourth-order valence-corrected chi connectivity index (χ4v) is 2.30. The third-order valence-electron chi connectivity index (χ3n) is 3.33. The molecule has 2 atom stereocenters. The lowest BCUT2D eigenvalue weighted by molar-refractivity contribution is -0.121. The Balaban J connectivity index is 2.07. The number of hydrogen-bond acceptors (Lipinski definition) is 3. The monoisotopic (exact) mass is 237 g/mol. The van der Waals surface area contributed by atoms with Crippen LogP contribution in [0.25, 0.3) is 0 Å². The normalized spacial score (nSPS) is 23.9.